The monoisotopic (exact) mass is 356 g/mol. The summed E-state index contributed by atoms with van der Waals surface area (Å²) in [7, 11) is 0. The molecule has 3 heterocycles. The van der Waals surface area contributed by atoms with Gasteiger partial charge < -0.3 is 0 Å². The van der Waals surface area contributed by atoms with Gasteiger partial charge in [-0.05, 0) is 13.8 Å². The van der Waals surface area contributed by atoms with Crippen LogP contribution in [0, 0.1) is 0 Å². The lowest BCUT2D eigenvalue weighted by Crippen LogP contribution is -2.39. The highest BCUT2D eigenvalue weighted by molar-refractivity contribution is 8.26. The van der Waals surface area contributed by atoms with Gasteiger partial charge in [0.2, 0.25) is 0 Å². The third-order valence-corrected chi connectivity index (χ3v) is 14.3. The zero-order valence-electron chi connectivity index (χ0n) is 10.8. The second-order valence-corrected chi connectivity index (χ2v) is 14.6. The Balaban J connectivity index is 1.49. The molecule has 0 nitrogen and oxygen atoms in total. The number of thioether (sulfide) groups is 6. The lowest BCUT2D eigenvalue weighted by atomic mass is 10.5. The van der Waals surface area contributed by atoms with Crippen LogP contribution in [0.15, 0.2) is 0 Å². The molecule has 2 unspecified atom stereocenters. The zero-order valence-corrected chi connectivity index (χ0v) is 15.7. The molecule has 0 saturated carbocycles. The van der Waals surface area contributed by atoms with Crippen LogP contribution >= 0.6 is 70.6 Å². The summed E-state index contributed by atoms with van der Waals surface area (Å²) < 4.78 is 0.954. The summed E-state index contributed by atoms with van der Waals surface area (Å²) in [6.07, 6.45) is 0. The van der Waals surface area contributed by atoms with E-state index in [1.807, 2.05) is 0 Å². The van der Waals surface area contributed by atoms with E-state index in [-0.39, 0.29) is 0 Å². The first-order valence-electron chi connectivity index (χ1n) is 6.36. The minimum atomic E-state index is 0.477. The molecule has 0 aliphatic carbocycles. The second kappa shape index (κ2) is 6.07. The van der Waals surface area contributed by atoms with Gasteiger partial charge in [-0.2, -0.15) is 23.5 Å². The highest BCUT2D eigenvalue weighted by Crippen LogP contribution is 2.57. The minimum Gasteiger partial charge on any atom is -0.160 e. The fraction of sp³-hybridized carbons (Fsp3) is 1.00. The van der Waals surface area contributed by atoms with E-state index in [0.717, 1.165) is 10.5 Å². The van der Waals surface area contributed by atoms with Crippen LogP contribution in [0.25, 0.3) is 0 Å². The van der Waals surface area contributed by atoms with Crippen molar-refractivity contribution in [3.63, 3.8) is 0 Å². The molecule has 0 bridgehead atoms. The lowest BCUT2D eigenvalue weighted by molar-refractivity contribution is 0.934. The van der Waals surface area contributed by atoms with Gasteiger partial charge in [0, 0.05) is 45.0 Å². The van der Waals surface area contributed by atoms with Gasteiger partial charge in [0.05, 0.1) is 8.16 Å². The van der Waals surface area contributed by atoms with E-state index >= 15 is 0 Å². The molecule has 104 valence electrons. The summed E-state index contributed by atoms with van der Waals surface area (Å²) in [5.41, 5.74) is 0. The van der Waals surface area contributed by atoms with Crippen LogP contribution in [-0.4, -0.2) is 53.2 Å². The predicted octanol–water partition coefficient (Wildman–Crippen LogP) is 4.60. The molecule has 0 amide bonds. The molecule has 0 radical (unpaired) electrons. The molecule has 0 spiro atoms. The Morgan fingerprint density at radius 2 is 1.17 bits per heavy atom. The van der Waals surface area contributed by atoms with Gasteiger partial charge in [0.1, 0.15) is 0 Å². The van der Waals surface area contributed by atoms with Crippen molar-refractivity contribution in [2.24, 2.45) is 0 Å². The Bertz CT molecular complexity index is 261. The van der Waals surface area contributed by atoms with E-state index in [0.29, 0.717) is 8.16 Å². The largest absolute Gasteiger partial charge is 0.160 e. The Morgan fingerprint density at radius 3 is 1.39 bits per heavy atom. The summed E-state index contributed by atoms with van der Waals surface area (Å²) in [6, 6.07) is 0. The van der Waals surface area contributed by atoms with Crippen LogP contribution < -0.4 is 0 Å². The van der Waals surface area contributed by atoms with Crippen molar-refractivity contribution in [1.29, 1.82) is 0 Å². The molecule has 3 aliphatic heterocycles. The van der Waals surface area contributed by atoms with E-state index in [9.17, 15) is 0 Å². The van der Waals surface area contributed by atoms with Crippen LogP contribution in [0.5, 0.6) is 0 Å². The van der Waals surface area contributed by atoms with Crippen molar-refractivity contribution in [3.05, 3.63) is 0 Å². The van der Waals surface area contributed by atoms with Crippen LogP contribution in [0.3, 0.4) is 0 Å². The molecule has 3 fully saturated rings. The first-order chi connectivity index (χ1) is 8.57. The average Bonchev–Trinajstić information content (AvgIpc) is 2.24. The van der Waals surface area contributed by atoms with Crippen molar-refractivity contribution in [3.8, 4) is 0 Å². The van der Waals surface area contributed by atoms with Gasteiger partial charge in [-0.3, -0.25) is 0 Å². The normalized spacial score (nSPS) is 42.3. The van der Waals surface area contributed by atoms with Gasteiger partial charge in [0.15, 0.2) is 0 Å². The molecule has 0 aromatic carbocycles. The van der Waals surface area contributed by atoms with E-state index in [1.165, 1.54) is 34.5 Å². The summed E-state index contributed by atoms with van der Waals surface area (Å²) in [5, 5.41) is 1.88. The van der Waals surface area contributed by atoms with Gasteiger partial charge in [0.25, 0.3) is 0 Å². The fourth-order valence-electron chi connectivity index (χ4n) is 2.06. The molecule has 3 rings (SSSR count). The standard InChI is InChI=1S/C12H20S6/c1-11(17-9-3-13-4-9)7-16-12(2,8-15-11)18-10-5-14-6-10/h9-10H,3-8H2,1-2H3. The smallest absolute Gasteiger partial charge is 0.0677 e. The van der Waals surface area contributed by atoms with E-state index < -0.39 is 0 Å². The maximum absolute atomic E-state index is 2.47. The van der Waals surface area contributed by atoms with E-state index in [1.54, 1.807) is 0 Å². The van der Waals surface area contributed by atoms with Crippen LogP contribution in [0.4, 0.5) is 0 Å². The summed E-state index contributed by atoms with van der Waals surface area (Å²) >= 11 is 13.2. The molecule has 2 atom stereocenters. The number of rotatable bonds is 4. The SMILES string of the molecule is CC1(SC2CSC2)CSC(C)(SC2CSC2)CS1. The molecular weight excluding hydrogens is 337 g/mol. The maximum atomic E-state index is 2.47. The number of hydrogen-bond acceptors (Lipinski definition) is 6. The quantitative estimate of drug-likeness (QED) is 0.717. The Morgan fingerprint density at radius 1 is 0.778 bits per heavy atom. The second-order valence-electron chi connectivity index (χ2n) is 5.40. The van der Waals surface area contributed by atoms with E-state index in [2.05, 4.69) is 84.4 Å². The topological polar surface area (TPSA) is 0 Å². The third-order valence-electron chi connectivity index (χ3n) is 3.33. The summed E-state index contributed by atoms with van der Waals surface area (Å²) in [6.45, 7) is 4.95. The molecule has 3 aliphatic rings. The zero-order chi connectivity index (χ0) is 12.6. The molecule has 0 N–H and O–H groups in total. The van der Waals surface area contributed by atoms with E-state index in [4.69, 9.17) is 0 Å². The van der Waals surface area contributed by atoms with Gasteiger partial charge in [-0.25, -0.2) is 0 Å². The fourth-order valence-corrected chi connectivity index (χ4v) is 11.3. The van der Waals surface area contributed by atoms with Crippen LogP contribution in [0.2, 0.25) is 0 Å². The van der Waals surface area contributed by atoms with Gasteiger partial charge in [-0.1, -0.05) is 0 Å². The van der Waals surface area contributed by atoms with Crippen molar-refractivity contribution in [2.75, 3.05) is 34.5 Å². The Kier molecular flexibility index (Phi) is 5.07. The summed E-state index contributed by atoms with van der Waals surface area (Å²) in [5.74, 6) is 8.20. The third kappa shape index (κ3) is 3.65. The summed E-state index contributed by atoms with van der Waals surface area (Å²) in [4.78, 5) is 0. The number of hydrogen-bond donors (Lipinski definition) is 0. The van der Waals surface area contributed by atoms with Crippen LogP contribution in [-0.2, 0) is 0 Å². The Hall–Kier alpha value is 2.10. The van der Waals surface area contributed by atoms with Crippen molar-refractivity contribution in [1.82, 2.24) is 0 Å². The lowest BCUT2D eigenvalue weighted by Gasteiger charge is -2.45. The molecule has 0 aromatic heterocycles. The Labute approximate surface area is 136 Å². The average molecular weight is 357 g/mol. The molecular formula is C12H20S6. The van der Waals surface area contributed by atoms with Crippen molar-refractivity contribution >= 4 is 70.6 Å². The first-order valence-corrected chi connectivity index (χ1v) is 12.4. The first kappa shape index (κ1) is 15.0. The predicted molar refractivity (Wildman–Crippen MR) is 99.1 cm³/mol. The highest BCUT2D eigenvalue weighted by atomic mass is 32.2. The molecule has 6 heteroatoms. The van der Waals surface area contributed by atoms with Gasteiger partial charge in [-0.15, -0.1) is 47.0 Å². The maximum Gasteiger partial charge on any atom is 0.0677 e. The highest BCUT2D eigenvalue weighted by Gasteiger charge is 2.43. The molecule has 3 saturated heterocycles. The van der Waals surface area contributed by atoms with Crippen molar-refractivity contribution < 1.29 is 0 Å². The van der Waals surface area contributed by atoms with Crippen LogP contribution in [0.1, 0.15) is 13.8 Å². The minimum absolute atomic E-state index is 0.477. The molecule has 18 heavy (non-hydrogen) atoms. The molecule has 0 aromatic rings. The van der Waals surface area contributed by atoms with Crippen molar-refractivity contribution in [2.45, 2.75) is 32.5 Å². The van der Waals surface area contributed by atoms with Gasteiger partial charge >= 0.3 is 0 Å².